The Bertz CT molecular complexity index is 519. The third-order valence-corrected chi connectivity index (χ3v) is 2.75. The van der Waals surface area contributed by atoms with Crippen LogP contribution in [0.25, 0.3) is 0 Å². The maximum absolute atomic E-state index is 5.86. The van der Waals surface area contributed by atoms with E-state index in [1.807, 2.05) is 6.07 Å². The van der Waals surface area contributed by atoms with E-state index in [9.17, 15) is 0 Å². The van der Waals surface area contributed by atoms with Crippen LogP contribution in [-0.2, 0) is 0 Å². The fourth-order valence-corrected chi connectivity index (χ4v) is 1.65. The first-order valence-corrected chi connectivity index (χ1v) is 5.67. The third kappa shape index (κ3) is 2.46. The van der Waals surface area contributed by atoms with Gasteiger partial charge >= 0.3 is 0 Å². The normalized spacial score (nSPS) is 10.1. The molecule has 2 aromatic rings. The molecule has 0 amide bonds. The lowest BCUT2D eigenvalue weighted by atomic mass is 10.3. The third-order valence-electron chi connectivity index (χ3n) is 1.91. The summed E-state index contributed by atoms with van der Waals surface area (Å²) >= 11 is 9.19. The Labute approximate surface area is 106 Å². The first kappa shape index (κ1) is 11.2. The van der Waals surface area contributed by atoms with Gasteiger partial charge in [-0.25, -0.2) is 4.98 Å². The summed E-state index contributed by atoms with van der Waals surface area (Å²) in [5.41, 5.74) is 6.28. The van der Waals surface area contributed by atoms with E-state index in [-0.39, 0.29) is 0 Å². The summed E-state index contributed by atoms with van der Waals surface area (Å²) in [6, 6.07) is 8.69. The van der Waals surface area contributed by atoms with E-state index in [0.717, 1.165) is 4.47 Å². The molecule has 5 heteroatoms. The van der Waals surface area contributed by atoms with E-state index in [1.165, 1.54) is 0 Å². The molecule has 1 heterocycles. The molecule has 0 spiro atoms. The topological polar surface area (TPSA) is 48.1 Å². The highest BCUT2D eigenvalue weighted by atomic mass is 79.9. The number of aromatic nitrogens is 1. The van der Waals surface area contributed by atoms with Crippen LogP contribution in [0.1, 0.15) is 0 Å². The van der Waals surface area contributed by atoms with Crippen molar-refractivity contribution in [1.82, 2.24) is 4.98 Å². The van der Waals surface area contributed by atoms with Gasteiger partial charge in [0.25, 0.3) is 0 Å². The molecular weight excluding hydrogens is 291 g/mol. The van der Waals surface area contributed by atoms with Crippen LogP contribution in [-0.4, -0.2) is 4.98 Å². The lowest BCUT2D eigenvalue weighted by Gasteiger charge is -2.08. The number of nitrogens with two attached hydrogens (primary N) is 1. The number of pyridine rings is 1. The second kappa shape index (κ2) is 4.72. The molecule has 82 valence electrons. The maximum atomic E-state index is 5.86. The Balaban J connectivity index is 2.34. The van der Waals surface area contributed by atoms with E-state index < -0.39 is 0 Å². The standard InChI is InChI=1S/C11H8BrClN2O/c12-8-2-1-5-15-11(8)16-10-6-7(13)3-4-9(10)14/h1-6H,14H2. The molecule has 16 heavy (non-hydrogen) atoms. The van der Waals surface area contributed by atoms with E-state index in [0.29, 0.717) is 22.3 Å². The number of ether oxygens (including phenoxy) is 1. The van der Waals surface area contributed by atoms with Crippen molar-refractivity contribution in [2.75, 3.05) is 5.73 Å². The molecule has 0 saturated carbocycles. The highest BCUT2D eigenvalue weighted by molar-refractivity contribution is 9.10. The number of benzene rings is 1. The lowest BCUT2D eigenvalue weighted by Crippen LogP contribution is -1.93. The van der Waals surface area contributed by atoms with Crippen molar-refractivity contribution < 1.29 is 4.74 Å². The van der Waals surface area contributed by atoms with Crippen LogP contribution in [0.2, 0.25) is 5.02 Å². The molecule has 0 aliphatic carbocycles. The Hall–Kier alpha value is -1.26. The summed E-state index contributed by atoms with van der Waals surface area (Å²) in [6.45, 7) is 0. The zero-order valence-corrected chi connectivity index (χ0v) is 10.5. The van der Waals surface area contributed by atoms with Crippen LogP contribution in [0.3, 0.4) is 0 Å². The van der Waals surface area contributed by atoms with Gasteiger partial charge < -0.3 is 10.5 Å². The van der Waals surface area contributed by atoms with Crippen LogP contribution in [0.5, 0.6) is 11.6 Å². The highest BCUT2D eigenvalue weighted by Gasteiger charge is 2.06. The molecular formula is C11H8BrClN2O. The van der Waals surface area contributed by atoms with Crippen molar-refractivity contribution in [2.24, 2.45) is 0 Å². The molecule has 0 unspecified atom stereocenters. The molecule has 0 bridgehead atoms. The summed E-state index contributed by atoms with van der Waals surface area (Å²) in [4.78, 5) is 4.08. The van der Waals surface area contributed by atoms with Gasteiger partial charge in [0, 0.05) is 17.3 Å². The number of nitrogen functional groups attached to an aromatic ring is 1. The smallest absolute Gasteiger partial charge is 0.233 e. The Morgan fingerprint density at radius 2 is 2.12 bits per heavy atom. The molecule has 2 rings (SSSR count). The van der Waals surface area contributed by atoms with Crippen molar-refractivity contribution >= 4 is 33.2 Å². The quantitative estimate of drug-likeness (QED) is 0.856. The minimum Gasteiger partial charge on any atom is -0.436 e. The van der Waals surface area contributed by atoms with Crippen molar-refractivity contribution in [1.29, 1.82) is 0 Å². The number of halogens is 2. The number of nitrogens with zero attached hydrogens (tertiary/aromatic N) is 1. The Morgan fingerprint density at radius 3 is 2.88 bits per heavy atom. The molecule has 0 aliphatic rings. The molecule has 0 radical (unpaired) electrons. The molecule has 1 aromatic heterocycles. The average molecular weight is 300 g/mol. The summed E-state index contributed by atoms with van der Waals surface area (Å²) in [7, 11) is 0. The van der Waals surface area contributed by atoms with Crippen LogP contribution >= 0.6 is 27.5 Å². The first-order valence-electron chi connectivity index (χ1n) is 4.50. The maximum Gasteiger partial charge on any atom is 0.233 e. The zero-order valence-electron chi connectivity index (χ0n) is 8.15. The van der Waals surface area contributed by atoms with Gasteiger partial charge in [-0.2, -0.15) is 0 Å². The van der Waals surface area contributed by atoms with Gasteiger partial charge in [-0.3, -0.25) is 0 Å². The second-order valence-corrected chi connectivity index (χ2v) is 4.37. The predicted molar refractivity (Wildman–Crippen MR) is 67.9 cm³/mol. The zero-order chi connectivity index (χ0) is 11.5. The van der Waals surface area contributed by atoms with Gasteiger partial charge in [-0.05, 0) is 40.2 Å². The average Bonchev–Trinajstić information content (AvgIpc) is 2.27. The molecule has 0 aliphatic heterocycles. The van der Waals surface area contributed by atoms with Crippen LogP contribution < -0.4 is 10.5 Å². The lowest BCUT2D eigenvalue weighted by molar-refractivity contribution is 0.462. The molecule has 0 saturated heterocycles. The number of anilines is 1. The molecule has 3 nitrogen and oxygen atoms in total. The number of hydrogen-bond donors (Lipinski definition) is 1. The van der Waals surface area contributed by atoms with Crippen molar-refractivity contribution in [2.45, 2.75) is 0 Å². The van der Waals surface area contributed by atoms with Crippen LogP contribution in [0.4, 0.5) is 5.69 Å². The fourth-order valence-electron chi connectivity index (χ4n) is 1.15. The summed E-state index contributed by atoms with van der Waals surface area (Å²) < 4.78 is 6.31. The van der Waals surface area contributed by atoms with Crippen LogP contribution in [0, 0.1) is 0 Å². The van der Waals surface area contributed by atoms with E-state index in [1.54, 1.807) is 30.5 Å². The summed E-state index contributed by atoms with van der Waals surface area (Å²) in [6.07, 6.45) is 1.64. The minimum atomic E-state index is 0.455. The van der Waals surface area contributed by atoms with Crippen molar-refractivity contribution in [3.63, 3.8) is 0 Å². The second-order valence-electron chi connectivity index (χ2n) is 3.07. The van der Waals surface area contributed by atoms with Gasteiger partial charge in [-0.15, -0.1) is 0 Å². The van der Waals surface area contributed by atoms with E-state index in [4.69, 9.17) is 22.1 Å². The highest BCUT2D eigenvalue weighted by Crippen LogP contribution is 2.32. The SMILES string of the molecule is Nc1ccc(Cl)cc1Oc1ncccc1Br. The van der Waals surface area contributed by atoms with Crippen LogP contribution in [0.15, 0.2) is 41.0 Å². The van der Waals surface area contributed by atoms with Gasteiger partial charge in [0.2, 0.25) is 5.88 Å². The largest absolute Gasteiger partial charge is 0.436 e. The van der Waals surface area contributed by atoms with E-state index >= 15 is 0 Å². The fraction of sp³-hybridized carbons (Fsp3) is 0. The van der Waals surface area contributed by atoms with Gasteiger partial charge in [0.1, 0.15) is 0 Å². The van der Waals surface area contributed by atoms with Crippen molar-refractivity contribution in [3.8, 4) is 11.6 Å². The van der Waals surface area contributed by atoms with E-state index in [2.05, 4.69) is 20.9 Å². The molecule has 1 aromatic carbocycles. The monoisotopic (exact) mass is 298 g/mol. The van der Waals surface area contributed by atoms with Crippen molar-refractivity contribution in [3.05, 3.63) is 46.0 Å². The Morgan fingerprint density at radius 1 is 1.31 bits per heavy atom. The van der Waals surface area contributed by atoms with Gasteiger partial charge in [-0.1, -0.05) is 11.6 Å². The summed E-state index contributed by atoms with van der Waals surface area (Å²) in [5, 5.41) is 0.566. The number of hydrogen-bond acceptors (Lipinski definition) is 3. The molecule has 2 N–H and O–H groups in total. The van der Waals surface area contributed by atoms with Gasteiger partial charge in [0.15, 0.2) is 5.75 Å². The summed E-state index contributed by atoms with van der Waals surface area (Å²) in [5.74, 6) is 0.948. The Kier molecular flexibility index (Phi) is 3.31. The predicted octanol–water partition coefficient (Wildman–Crippen LogP) is 3.87. The first-order chi connectivity index (χ1) is 7.66. The van der Waals surface area contributed by atoms with Gasteiger partial charge in [0.05, 0.1) is 10.2 Å². The minimum absolute atomic E-state index is 0.455. The number of rotatable bonds is 2. The molecule has 0 fully saturated rings. The molecule has 0 atom stereocenters.